The number of ether oxygens (including phenoxy) is 1. The lowest BCUT2D eigenvalue weighted by Crippen LogP contribution is -2.20. The smallest absolute Gasteiger partial charge is 0.338 e. The lowest BCUT2D eigenvalue weighted by atomic mass is 9.83. The van der Waals surface area contributed by atoms with Gasteiger partial charge in [0.15, 0.2) is 0 Å². The van der Waals surface area contributed by atoms with E-state index in [4.69, 9.17) is 0 Å². The van der Waals surface area contributed by atoms with Crippen molar-refractivity contribution in [3.05, 3.63) is 35.4 Å². The van der Waals surface area contributed by atoms with Crippen LogP contribution >= 0.6 is 0 Å². The second-order valence-electron chi connectivity index (χ2n) is 4.85. The van der Waals surface area contributed by atoms with E-state index in [9.17, 15) is 9.90 Å². The molecule has 1 atom stereocenters. The van der Waals surface area contributed by atoms with Crippen molar-refractivity contribution >= 4 is 5.97 Å². The second kappa shape index (κ2) is 4.66. The molecule has 0 amide bonds. The van der Waals surface area contributed by atoms with Crippen LogP contribution in [0, 0.1) is 5.41 Å². The quantitative estimate of drug-likeness (QED) is 0.782. The molecule has 0 aliphatic carbocycles. The van der Waals surface area contributed by atoms with Gasteiger partial charge >= 0.3 is 5.97 Å². The van der Waals surface area contributed by atoms with Crippen molar-refractivity contribution < 1.29 is 14.6 Å². The van der Waals surface area contributed by atoms with Crippen LogP contribution in [0.1, 0.15) is 42.8 Å². The summed E-state index contributed by atoms with van der Waals surface area (Å²) in [4.78, 5) is 11.5. The fourth-order valence-corrected chi connectivity index (χ4v) is 1.50. The molecule has 1 unspecified atom stereocenters. The zero-order chi connectivity index (χ0) is 12.3. The van der Waals surface area contributed by atoms with Crippen LogP contribution in [0.3, 0.4) is 0 Å². The van der Waals surface area contributed by atoms with Gasteiger partial charge in [-0.2, -0.15) is 0 Å². The topological polar surface area (TPSA) is 46.5 Å². The summed E-state index contributed by atoms with van der Waals surface area (Å²) in [7, 11) is 1.34. The zero-order valence-electron chi connectivity index (χ0n) is 10.2. The number of carbonyl (C=O) groups excluding carboxylic acids is 1. The van der Waals surface area contributed by atoms with Crippen LogP contribution in [0.4, 0.5) is 0 Å². The Morgan fingerprint density at radius 2 is 1.88 bits per heavy atom. The van der Waals surface area contributed by atoms with Crippen molar-refractivity contribution in [2.45, 2.75) is 26.9 Å². The monoisotopic (exact) mass is 222 g/mol. The summed E-state index contributed by atoms with van der Waals surface area (Å²) in [5, 5.41) is 10.2. The minimum atomic E-state index is -0.692. The van der Waals surface area contributed by atoms with Crippen molar-refractivity contribution in [2.24, 2.45) is 5.41 Å². The summed E-state index contributed by atoms with van der Waals surface area (Å²) in [6.45, 7) is 5.77. The maximum absolute atomic E-state index is 11.5. The average molecular weight is 222 g/mol. The average Bonchev–Trinajstić information content (AvgIpc) is 2.25. The molecule has 0 aliphatic rings. The summed E-state index contributed by atoms with van der Waals surface area (Å²) in [5.41, 5.74) is 0.721. The fraction of sp³-hybridized carbons (Fsp3) is 0.462. The number of aliphatic hydroxyl groups excluding tert-OH is 1. The first-order chi connectivity index (χ1) is 7.38. The minimum absolute atomic E-state index is 0.315. The highest BCUT2D eigenvalue weighted by Gasteiger charge is 2.27. The molecule has 16 heavy (non-hydrogen) atoms. The number of hydrogen-bond acceptors (Lipinski definition) is 3. The molecule has 0 radical (unpaired) electrons. The third-order valence-corrected chi connectivity index (χ3v) is 2.48. The summed E-state index contributed by atoms with van der Waals surface area (Å²) >= 11 is 0. The van der Waals surface area contributed by atoms with Gasteiger partial charge in [0.05, 0.1) is 18.8 Å². The van der Waals surface area contributed by atoms with E-state index in [1.54, 1.807) is 24.3 Å². The Bertz CT molecular complexity index is 377. The predicted molar refractivity (Wildman–Crippen MR) is 62.2 cm³/mol. The molecule has 0 aromatic heterocycles. The number of hydrogen-bond donors (Lipinski definition) is 1. The van der Waals surface area contributed by atoms with Gasteiger partial charge in [-0.15, -0.1) is 0 Å². The lowest BCUT2D eigenvalue weighted by molar-refractivity contribution is 0.0524. The van der Waals surface area contributed by atoms with E-state index in [2.05, 4.69) is 4.74 Å². The van der Waals surface area contributed by atoms with Gasteiger partial charge < -0.3 is 9.84 Å². The maximum atomic E-state index is 11.5. The first-order valence-electron chi connectivity index (χ1n) is 5.23. The van der Waals surface area contributed by atoms with Crippen molar-refractivity contribution in [1.82, 2.24) is 0 Å². The highest BCUT2D eigenvalue weighted by molar-refractivity contribution is 5.91. The van der Waals surface area contributed by atoms with Crippen molar-refractivity contribution in [3.8, 4) is 0 Å². The van der Waals surface area contributed by atoms with E-state index >= 15 is 0 Å². The Labute approximate surface area is 96.1 Å². The van der Waals surface area contributed by atoms with Gasteiger partial charge in [-0.3, -0.25) is 0 Å². The van der Waals surface area contributed by atoms with Crippen molar-refractivity contribution in [1.29, 1.82) is 0 Å². The van der Waals surface area contributed by atoms with Crippen LogP contribution in [-0.4, -0.2) is 18.2 Å². The summed E-state index contributed by atoms with van der Waals surface area (Å²) in [6.07, 6.45) is -0.692. The Balaban J connectivity index is 3.18. The lowest BCUT2D eigenvalue weighted by Gasteiger charge is -2.27. The number of aliphatic hydroxyl groups is 1. The minimum Gasteiger partial charge on any atom is -0.465 e. The van der Waals surface area contributed by atoms with Gasteiger partial charge in [-0.1, -0.05) is 39.0 Å². The van der Waals surface area contributed by atoms with Crippen molar-refractivity contribution in [2.75, 3.05) is 7.11 Å². The van der Waals surface area contributed by atoms with Gasteiger partial charge in [0.2, 0.25) is 0 Å². The van der Waals surface area contributed by atoms with E-state index in [-0.39, 0.29) is 5.41 Å². The van der Waals surface area contributed by atoms with Gasteiger partial charge in [-0.05, 0) is 17.0 Å². The molecule has 0 aliphatic heterocycles. The molecular formula is C13H18O3. The van der Waals surface area contributed by atoms with E-state index in [0.29, 0.717) is 11.1 Å². The molecule has 1 aromatic rings. The number of methoxy groups -OCH3 is 1. The van der Waals surface area contributed by atoms with Crippen LogP contribution in [-0.2, 0) is 4.74 Å². The number of rotatable bonds is 2. The molecule has 1 rings (SSSR count). The Hall–Kier alpha value is -1.35. The standard InChI is InChI=1S/C13H18O3/c1-13(2,3)11(14)9-7-5-6-8-10(9)12(15)16-4/h5-8,11,14H,1-4H3. The molecule has 3 heteroatoms. The highest BCUT2D eigenvalue weighted by atomic mass is 16.5. The Morgan fingerprint density at radius 1 is 1.31 bits per heavy atom. The molecule has 0 spiro atoms. The molecule has 3 nitrogen and oxygen atoms in total. The van der Waals surface area contributed by atoms with E-state index in [1.165, 1.54) is 7.11 Å². The largest absolute Gasteiger partial charge is 0.465 e. The molecule has 0 saturated heterocycles. The van der Waals surface area contributed by atoms with Gasteiger partial charge in [-0.25, -0.2) is 4.79 Å². The normalized spacial score (nSPS) is 13.3. The van der Waals surface area contributed by atoms with Gasteiger partial charge in [0.1, 0.15) is 0 Å². The number of benzene rings is 1. The summed E-state index contributed by atoms with van der Waals surface area (Å²) in [5.74, 6) is -0.418. The second-order valence-corrected chi connectivity index (χ2v) is 4.85. The molecule has 0 bridgehead atoms. The summed E-state index contributed by atoms with van der Waals surface area (Å²) < 4.78 is 4.69. The molecule has 1 N–H and O–H groups in total. The van der Waals surface area contributed by atoms with Crippen LogP contribution in [0.5, 0.6) is 0 Å². The van der Waals surface area contributed by atoms with Crippen LogP contribution in [0.2, 0.25) is 0 Å². The maximum Gasteiger partial charge on any atom is 0.338 e. The highest BCUT2D eigenvalue weighted by Crippen LogP contribution is 2.34. The number of carbonyl (C=O) groups is 1. The Kier molecular flexibility index (Phi) is 3.70. The fourth-order valence-electron chi connectivity index (χ4n) is 1.50. The molecule has 0 saturated carbocycles. The van der Waals surface area contributed by atoms with E-state index < -0.39 is 12.1 Å². The van der Waals surface area contributed by atoms with E-state index in [1.807, 2.05) is 20.8 Å². The van der Waals surface area contributed by atoms with E-state index in [0.717, 1.165) is 0 Å². The molecule has 1 aromatic carbocycles. The third kappa shape index (κ3) is 2.61. The first-order valence-corrected chi connectivity index (χ1v) is 5.23. The third-order valence-electron chi connectivity index (χ3n) is 2.48. The van der Waals surface area contributed by atoms with Gasteiger partial charge in [0.25, 0.3) is 0 Å². The molecule has 88 valence electrons. The van der Waals surface area contributed by atoms with Crippen LogP contribution in [0.15, 0.2) is 24.3 Å². The number of esters is 1. The predicted octanol–water partition coefficient (Wildman–Crippen LogP) is 2.55. The SMILES string of the molecule is COC(=O)c1ccccc1C(O)C(C)(C)C. The van der Waals surface area contributed by atoms with Crippen LogP contribution in [0.25, 0.3) is 0 Å². The van der Waals surface area contributed by atoms with Crippen molar-refractivity contribution in [3.63, 3.8) is 0 Å². The molecule has 0 fully saturated rings. The van der Waals surface area contributed by atoms with Gasteiger partial charge in [0, 0.05) is 0 Å². The zero-order valence-corrected chi connectivity index (χ0v) is 10.2. The first kappa shape index (κ1) is 12.7. The van der Waals surface area contributed by atoms with Crippen LogP contribution < -0.4 is 0 Å². The summed E-state index contributed by atoms with van der Waals surface area (Å²) in [6, 6.07) is 6.97. The molecule has 0 heterocycles. The Morgan fingerprint density at radius 3 is 2.38 bits per heavy atom. The molecular weight excluding hydrogens is 204 g/mol.